The number of aliphatic hydroxyl groups excluding tert-OH is 4. The van der Waals surface area contributed by atoms with E-state index in [1.807, 2.05) is 24.1 Å². The summed E-state index contributed by atoms with van der Waals surface area (Å²) >= 11 is 0. The molecule has 0 radical (unpaired) electrons. The number of hydrogen-bond acceptors (Lipinski definition) is 14. The summed E-state index contributed by atoms with van der Waals surface area (Å²) < 4.78 is 13.4. The molecule has 1 amide bonds. The van der Waals surface area contributed by atoms with Gasteiger partial charge in [-0.3, -0.25) is 14.6 Å². The number of allylic oxidation sites excluding steroid dienone is 1. The Morgan fingerprint density at radius 2 is 1.88 bits per heavy atom. The fraction of sp³-hybridized carbons (Fsp3) is 0.512. The van der Waals surface area contributed by atoms with Crippen molar-refractivity contribution in [2.24, 2.45) is 16.3 Å². The molecule has 7 N–H and O–H groups in total. The van der Waals surface area contributed by atoms with Gasteiger partial charge in [0.25, 0.3) is 0 Å². The molecule has 0 bridgehead atoms. The number of carbonyl (C=O) groups is 1. The topological polar surface area (TPSA) is 224 Å². The van der Waals surface area contributed by atoms with E-state index in [-0.39, 0.29) is 35.8 Å². The van der Waals surface area contributed by atoms with Crippen LogP contribution in [0.25, 0.3) is 11.0 Å². The quantitative estimate of drug-likeness (QED) is 0.0922. The molecular weight excluding hydrogens is 750 g/mol. The molecule has 2 fully saturated rings. The first-order chi connectivity index (χ1) is 27.7. The first-order valence-corrected chi connectivity index (χ1v) is 20.0. The van der Waals surface area contributed by atoms with Crippen molar-refractivity contribution in [2.45, 2.75) is 101 Å². The third-order valence-corrected chi connectivity index (χ3v) is 12.9. The van der Waals surface area contributed by atoms with Crippen LogP contribution in [0.4, 0.5) is 5.69 Å². The van der Waals surface area contributed by atoms with Crippen LogP contribution in [0, 0.1) is 18.3 Å². The lowest BCUT2D eigenvalue weighted by atomic mass is 9.72. The Bertz CT molecular complexity index is 2210. The summed E-state index contributed by atoms with van der Waals surface area (Å²) in [5.74, 6) is 1.07. The molecule has 1 saturated carbocycles. The van der Waals surface area contributed by atoms with Crippen molar-refractivity contribution >= 4 is 28.3 Å². The number of fused-ring (bicyclic) bond motifs is 3. The number of carbonyl (C=O) groups excluding carboxylic acids is 1. The number of rotatable bonds is 14. The Labute approximate surface area is 334 Å². The SMILES string of the molecule is Cc1cc(=O)c2cc3c(c(N4C=C5C=CN=C5C4)c2o1)O[C@](C)(CC[C@@H]1CNC(=O)C12CCCC2)[C@H](OOC[C@@](O)(Cc1ccc(O)cc1)[C@@H](O)[C@H](O)[C@H](O)CO)C3. The van der Waals surface area contributed by atoms with Crippen molar-refractivity contribution in [2.75, 3.05) is 31.2 Å². The number of anilines is 1. The molecule has 1 aliphatic carbocycles. The van der Waals surface area contributed by atoms with Gasteiger partial charge in [-0.1, -0.05) is 25.0 Å². The van der Waals surface area contributed by atoms with Gasteiger partial charge >= 0.3 is 0 Å². The summed E-state index contributed by atoms with van der Waals surface area (Å²) in [6.45, 7) is 3.02. The fourth-order valence-corrected chi connectivity index (χ4v) is 9.48. The highest BCUT2D eigenvalue weighted by molar-refractivity contribution is 6.12. The second-order valence-corrected chi connectivity index (χ2v) is 16.8. The molecule has 310 valence electrons. The van der Waals surface area contributed by atoms with Gasteiger partial charge in [0.2, 0.25) is 5.91 Å². The lowest BCUT2D eigenvalue weighted by molar-refractivity contribution is -0.371. The van der Waals surface area contributed by atoms with Crippen LogP contribution in [0.3, 0.4) is 0 Å². The average molecular weight is 802 g/mol. The largest absolute Gasteiger partial charge is 0.508 e. The lowest BCUT2D eigenvalue weighted by Gasteiger charge is -2.44. The van der Waals surface area contributed by atoms with E-state index in [1.54, 1.807) is 19.2 Å². The molecule has 7 atom stereocenters. The fourth-order valence-electron chi connectivity index (χ4n) is 9.48. The summed E-state index contributed by atoms with van der Waals surface area (Å²) in [5.41, 5.74) is -0.196. The summed E-state index contributed by atoms with van der Waals surface area (Å²) in [6.07, 6.45) is 3.56. The number of hydrogen-bond donors (Lipinski definition) is 7. The highest BCUT2D eigenvalue weighted by Crippen LogP contribution is 2.52. The number of benzene rings is 2. The number of phenols is 1. The first kappa shape index (κ1) is 40.2. The number of aliphatic hydroxyl groups is 5. The summed E-state index contributed by atoms with van der Waals surface area (Å²) in [4.78, 5) is 45.3. The molecule has 0 unspecified atom stereocenters. The maximum Gasteiger partial charge on any atom is 0.226 e. The van der Waals surface area contributed by atoms with E-state index in [4.69, 9.17) is 18.9 Å². The zero-order valence-electron chi connectivity index (χ0n) is 32.6. The maximum absolute atomic E-state index is 13.5. The molecule has 4 aliphatic heterocycles. The summed E-state index contributed by atoms with van der Waals surface area (Å²) in [7, 11) is 0. The van der Waals surface area contributed by atoms with Gasteiger partial charge in [0.1, 0.15) is 59.4 Å². The molecule has 15 nitrogen and oxygen atoms in total. The minimum Gasteiger partial charge on any atom is -0.508 e. The van der Waals surface area contributed by atoms with Crippen LogP contribution in [-0.4, -0.2) is 104 Å². The van der Waals surface area contributed by atoms with Crippen LogP contribution in [0.1, 0.15) is 62.3 Å². The van der Waals surface area contributed by atoms with Crippen LogP contribution < -0.4 is 20.4 Å². The number of phenolic OH excluding ortho intramolecular Hbond substituents is 1. The van der Waals surface area contributed by atoms with Crippen LogP contribution in [0.15, 0.2) is 74.7 Å². The van der Waals surface area contributed by atoms with E-state index in [0.717, 1.165) is 37.0 Å². The van der Waals surface area contributed by atoms with Crippen LogP contribution in [0.2, 0.25) is 0 Å². The van der Waals surface area contributed by atoms with Gasteiger partial charge < -0.3 is 50.0 Å². The maximum atomic E-state index is 13.5. The van der Waals surface area contributed by atoms with Gasteiger partial charge in [0, 0.05) is 49.0 Å². The van der Waals surface area contributed by atoms with E-state index < -0.39 is 54.2 Å². The molecule has 5 heterocycles. The predicted molar refractivity (Wildman–Crippen MR) is 211 cm³/mol. The zero-order valence-corrected chi connectivity index (χ0v) is 32.6. The third kappa shape index (κ3) is 7.22. The number of nitrogens with zero attached hydrogens (tertiary/aromatic N) is 2. The van der Waals surface area contributed by atoms with E-state index in [9.17, 15) is 40.2 Å². The van der Waals surface area contributed by atoms with Crippen LogP contribution in [0.5, 0.6) is 11.5 Å². The standard InChI is InChI=1S/C43H51N3O12/c1-24-15-32(49)30-16-27-17-34(58-55-23-43(54,39(52)36(51)33(50)22-47)18-25-5-7-29(48)8-6-25)41(2,13-9-28-19-45-40(53)42(28)11-3-4-12-42)57-37(27)35(38(30)56-24)46-20-26-10-14-44-31(26)21-46/h5-8,10,14-16,20,28,33-34,36,39,47-48,50-52,54H,3-4,9,11-13,17-19,21-23H2,1-2H3,(H,45,53)/t28-,33-,34-,36-,39+,41-,43+/m1/s1. The van der Waals surface area contributed by atoms with Gasteiger partial charge in [-0.15, -0.1) is 0 Å². The molecule has 1 spiro atoms. The van der Waals surface area contributed by atoms with Crippen molar-refractivity contribution in [3.8, 4) is 11.5 Å². The number of aliphatic imine (C=N–C) groups is 1. The Balaban J connectivity index is 1.14. The number of amides is 1. The van der Waals surface area contributed by atoms with Crippen molar-refractivity contribution in [3.05, 3.63) is 87.6 Å². The number of ether oxygens (including phenoxy) is 1. The van der Waals surface area contributed by atoms with Crippen molar-refractivity contribution < 1.29 is 54.4 Å². The second kappa shape index (κ2) is 15.5. The molecule has 8 rings (SSSR count). The molecule has 5 aliphatic rings. The number of aryl methyl sites for hydroxylation is 1. The first-order valence-electron chi connectivity index (χ1n) is 20.0. The van der Waals surface area contributed by atoms with E-state index >= 15 is 0 Å². The predicted octanol–water partition coefficient (Wildman–Crippen LogP) is 2.63. The molecule has 15 heteroatoms. The molecule has 2 aromatic carbocycles. The van der Waals surface area contributed by atoms with Gasteiger partial charge in [0.05, 0.1) is 29.7 Å². The van der Waals surface area contributed by atoms with Gasteiger partial charge in [-0.05, 0) is 75.3 Å². The lowest BCUT2D eigenvalue weighted by Crippen LogP contribution is -2.58. The molecule has 58 heavy (non-hydrogen) atoms. The average Bonchev–Trinajstić information content (AvgIpc) is 4.01. The highest BCUT2D eigenvalue weighted by atomic mass is 17.2. The molecule has 3 aromatic rings. The summed E-state index contributed by atoms with van der Waals surface area (Å²) in [5, 5.41) is 66.8. The van der Waals surface area contributed by atoms with E-state index in [1.165, 1.54) is 30.3 Å². The van der Waals surface area contributed by atoms with Crippen molar-refractivity contribution in [1.29, 1.82) is 0 Å². The van der Waals surface area contributed by atoms with Gasteiger partial charge in [0.15, 0.2) is 16.8 Å². The van der Waals surface area contributed by atoms with E-state index in [0.29, 0.717) is 65.2 Å². The van der Waals surface area contributed by atoms with Gasteiger partial charge in [-0.25, -0.2) is 9.78 Å². The number of nitrogens with one attached hydrogen (secondary N) is 1. The smallest absolute Gasteiger partial charge is 0.226 e. The zero-order chi connectivity index (χ0) is 41.0. The van der Waals surface area contributed by atoms with Crippen molar-refractivity contribution in [1.82, 2.24) is 5.32 Å². The molecule has 1 aromatic heterocycles. The monoisotopic (exact) mass is 801 g/mol. The number of aromatic hydroxyl groups is 1. The summed E-state index contributed by atoms with van der Waals surface area (Å²) in [6, 6.07) is 9.03. The molecular formula is C43H51N3O12. The minimum atomic E-state index is -2.26. The Kier molecular flexibility index (Phi) is 10.8. The normalized spacial score (nSPS) is 25.8. The Morgan fingerprint density at radius 1 is 1.12 bits per heavy atom. The second-order valence-electron chi connectivity index (χ2n) is 16.8. The van der Waals surface area contributed by atoms with Gasteiger partial charge in [-0.2, -0.15) is 0 Å². The Morgan fingerprint density at radius 3 is 2.60 bits per heavy atom. The Hall–Kier alpha value is -4.61. The third-order valence-electron chi connectivity index (χ3n) is 12.9. The van der Waals surface area contributed by atoms with Crippen molar-refractivity contribution in [3.63, 3.8) is 0 Å². The van der Waals surface area contributed by atoms with E-state index in [2.05, 4.69) is 10.3 Å². The minimum absolute atomic E-state index is 0.0182. The molecule has 1 saturated heterocycles. The van der Waals surface area contributed by atoms with Crippen LogP contribution >= 0.6 is 0 Å². The highest BCUT2D eigenvalue weighted by Gasteiger charge is 2.53. The van der Waals surface area contributed by atoms with Crippen LogP contribution in [-0.2, 0) is 27.4 Å².